The Morgan fingerprint density at radius 1 is 1.15 bits per heavy atom. The Hall–Kier alpha value is -4.15. The lowest BCUT2D eigenvalue weighted by molar-refractivity contribution is -0.140. The van der Waals surface area contributed by atoms with Gasteiger partial charge in [0.2, 0.25) is 16.9 Å². The maximum absolute atomic E-state index is 15.5. The Balaban J connectivity index is 1.48. The fourth-order valence-corrected chi connectivity index (χ4v) is 5.90. The summed E-state index contributed by atoms with van der Waals surface area (Å²) < 4.78 is 15.5. The number of benzene rings is 2. The highest BCUT2D eigenvalue weighted by atomic mass is 35.5. The maximum atomic E-state index is 15.5. The number of halogens is 2. The van der Waals surface area contributed by atoms with Crippen molar-refractivity contribution < 1.29 is 23.9 Å². The minimum Gasteiger partial charge on any atom is -0.481 e. The molecular weight excluding hydrogens is 567 g/mol. The van der Waals surface area contributed by atoms with Gasteiger partial charge in [-0.2, -0.15) is 4.39 Å². The van der Waals surface area contributed by atoms with E-state index in [1.54, 1.807) is 31.4 Å². The van der Waals surface area contributed by atoms with Crippen LogP contribution in [-0.4, -0.2) is 47.0 Å². The van der Waals surface area contributed by atoms with Gasteiger partial charge in [-0.1, -0.05) is 59.3 Å². The molecule has 41 heavy (non-hydrogen) atoms. The molecule has 4 aromatic rings. The van der Waals surface area contributed by atoms with E-state index in [1.807, 2.05) is 36.4 Å². The molecule has 0 unspecified atom stereocenters. The highest BCUT2D eigenvalue weighted by Gasteiger charge is 2.29. The zero-order valence-corrected chi connectivity index (χ0v) is 23.9. The molecule has 0 spiro atoms. The number of carbonyl (C=O) groups is 3. The number of hydrogen-bond donors (Lipinski definition) is 1. The SMILES string of the molecule is CN(C(=O)[C@@H](CC(=O)O)Cc1ccccc1)c1nc(-c2cc(Cl)ccc2-c2cnc3c(c2)CCC(=O)N3C)c(F)s1. The molecule has 11 heteroatoms. The summed E-state index contributed by atoms with van der Waals surface area (Å²) in [6.45, 7) is 0. The molecule has 0 saturated heterocycles. The van der Waals surface area contributed by atoms with Gasteiger partial charge in [0.15, 0.2) is 5.13 Å². The Morgan fingerprint density at radius 2 is 1.90 bits per heavy atom. The van der Waals surface area contributed by atoms with Gasteiger partial charge in [-0.15, -0.1) is 0 Å². The number of carboxylic acid groups (broad SMARTS) is 1. The summed E-state index contributed by atoms with van der Waals surface area (Å²) in [5.41, 5.74) is 3.52. The lowest BCUT2D eigenvalue weighted by atomic mass is 9.95. The highest BCUT2D eigenvalue weighted by molar-refractivity contribution is 7.14. The number of nitrogens with zero attached hydrogens (tertiary/aromatic N) is 4. The molecule has 1 N–H and O–H groups in total. The Morgan fingerprint density at radius 3 is 2.63 bits per heavy atom. The van der Waals surface area contributed by atoms with Gasteiger partial charge in [0, 0.05) is 42.9 Å². The van der Waals surface area contributed by atoms with Crippen molar-refractivity contribution in [1.82, 2.24) is 9.97 Å². The number of aryl methyl sites for hydroxylation is 1. The van der Waals surface area contributed by atoms with Crippen molar-refractivity contribution in [3.63, 3.8) is 0 Å². The monoisotopic (exact) mass is 592 g/mol. The van der Waals surface area contributed by atoms with Crippen LogP contribution >= 0.6 is 22.9 Å². The third-order valence-corrected chi connectivity index (χ3v) is 8.23. The molecule has 2 aromatic heterocycles. The van der Waals surface area contributed by atoms with E-state index in [9.17, 15) is 19.5 Å². The van der Waals surface area contributed by atoms with Crippen LogP contribution in [0.2, 0.25) is 5.02 Å². The number of fused-ring (bicyclic) bond motifs is 1. The van der Waals surface area contributed by atoms with Crippen molar-refractivity contribution in [1.29, 1.82) is 0 Å². The van der Waals surface area contributed by atoms with Crippen molar-refractivity contribution in [2.45, 2.75) is 25.7 Å². The minimum atomic E-state index is -1.10. The molecule has 0 radical (unpaired) electrons. The van der Waals surface area contributed by atoms with Crippen LogP contribution in [0.3, 0.4) is 0 Å². The van der Waals surface area contributed by atoms with Crippen molar-refractivity contribution in [2.75, 3.05) is 23.9 Å². The number of pyridine rings is 1. The zero-order chi connectivity index (χ0) is 29.3. The maximum Gasteiger partial charge on any atom is 0.304 e. The van der Waals surface area contributed by atoms with Crippen LogP contribution in [0, 0.1) is 11.0 Å². The predicted octanol–water partition coefficient (Wildman–Crippen LogP) is 5.87. The number of amides is 2. The number of hydrogen-bond acceptors (Lipinski definition) is 6. The molecule has 210 valence electrons. The molecule has 0 aliphatic carbocycles. The van der Waals surface area contributed by atoms with E-state index in [-0.39, 0.29) is 29.6 Å². The molecule has 1 atom stereocenters. The van der Waals surface area contributed by atoms with Crippen LogP contribution < -0.4 is 9.80 Å². The topological polar surface area (TPSA) is 104 Å². The summed E-state index contributed by atoms with van der Waals surface area (Å²) in [4.78, 5) is 48.8. The summed E-state index contributed by atoms with van der Waals surface area (Å²) in [5.74, 6) is -1.84. The molecule has 0 saturated carbocycles. The summed E-state index contributed by atoms with van der Waals surface area (Å²) >= 11 is 7.02. The molecule has 1 aliphatic heterocycles. The van der Waals surface area contributed by atoms with Gasteiger partial charge >= 0.3 is 5.97 Å². The second kappa shape index (κ2) is 11.8. The largest absolute Gasteiger partial charge is 0.481 e. The summed E-state index contributed by atoms with van der Waals surface area (Å²) in [6, 6.07) is 16.1. The van der Waals surface area contributed by atoms with E-state index < -0.39 is 22.9 Å². The Bertz CT molecular complexity index is 1640. The first kappa shape index (κ1) is 28.4. The first-order valence-electron chi connectivity index (χ1n) is 12.9. The number of carboxylic acids is 1. The van der Waals surface area contributed by atoms with Gasteiger partial charge in [-0.25, -0.2) is 9.97 Å². The van der Waals surface area contributed by atoms with Gasteiger partial charge in [-0.3, -0.25) is 24.2 Å². The van der Waals surface area contributed by atoms with Crippen LogP contribution in [0.4, 0.5) is 15.3 Å². The Labute approximate surface area is 245 Å². The fourth-order valence-electron chi connectivity index (χ4n) is 4.95. The molecule has 2 aromatic carbocycles. The molecule has 1 aliphatic rings. The molecular formula is C30H26ClFN4O4S. The summed E-state index contributed by atoms with van der Waals surface area (Å²) in [5, 5.41) is 9.31. The van der Waals surface area contributed by atoms with Gasteiger partial charge in [0.25, 0.3) is 0 Å². The van der Waals surface area contributed by atoms with E-state index in [4.69, 9.17) is 11.6 Å². The normalized spacial score (nSPS) is 13.6. The highest BCUT2D eigenvalue weighted by Crippen LogP contribution is 2.40. The average Bonchev–Trinajstić information content (AvgIpc) is 3.35. The van der Waals surface area contributed by atoms with Gasteiger partial charge in [-0.05, 0) is 47.7 Å². The standard InChI is InChI=1S/C30H26ClFN4O4S/c1-35-24(37)11-8-18-13-20(16-33-28(18)35)22-10-9-21(31)15-23(22)26-27(32)41-30(34-26)36(2)29(40)19(14-25(38)39)12-17-6-4-3-5-7-17/h3-7,9-10,13,15-16,19H,8,11-12,14H2,1-2H3,(H,38,39)/t19-/m1/s1. The van der Waals surface area contributed by atoms with Gasteiger partial charge in [0.1, 0.15) is 11.5 Å². The van der Waals surface area contributed by atoms with E-state index in [1.165, 1.54) is 16.8 Å². The average molecular weight is 593 g/mol. The fraction of sp³-hybridized carbons (Fsp3) is 0.233. The number of rotatable bonds is 8. The van der Waals surface area contributed by atoms with Crippen molar-refractivity contribution in [3.8, 4) is 22.4 Å². The van der Waals surface area contributed by atoms with Crippen molar-refractivity contribution in [2.24, 2.45) is 5.92 Å². The van der Waals surface area contributed by atoms with Crippen molar-refractivity contribution >= 4 is 51.7 Å². The number of aromatic nitrogens is 2. The lowest BCUT2D eigenvalue weighted by Gasteiger charge is -2.25. The first-order valence-corrected chi connectivity index (χ1v) is 14.1. The van der Waals surface area contributed by atoms with Gasteiger partial charge in [0.05, 0.1) is 12.3 Å². The van der Waals surface area contributed by atoms with Crippen LogP contribution in [-0.2, 0) is 27.2 Å². The number of anilines is 2. The number of carbonyl (C=O) groups excluding carboxylic acids is 2. The third kappa shape index (κ3) is 5.98. The van der Waals surface area contributed by atoms with Crippen LogP contribution in [0.15, 0.2) is 60.8 Å². The lowest BCUT2D eigenvalue weighted by Crippen LogP contribution is -2.35. The second-order valence-corrected chi connectivity index (χ2v) is 11.2. The van der Waals surface area contributed by atoms with Crippen LogP contribution in [0.5, 0.6) is 0 Å². The number of thiazole rings is 1. The van der Waals surface area contributed by atoms with E-state index in [0.29, 0.717) is 51.7 Å². The van der Waals surface area contributed by atoms with E-state index in [2.05, 4.69) is 9.97 Å². The number of aliphatic carboxylic acids is 1. The first-order chi connectivity index (χ1) is 19.6. The molecule has 3 heterocycles. The zero-order valence-electron chi connectivity index (χ0n) is 22.3. The van der Waals surface area contributed by atoms with E-state index >= 15 is 4.39 Å². The van der Waals surface area contributed by atoms with Crippen LogP contribution in [0.25, 0.3) is 22.4 Å². The van der Waals surface area contributed by atoms with E-state index in [0.717, 1.165) is 11.1 Å². The Kier molecular flexibility index (Phi) is 8.14. The summed E-state index contributed by atoms with van der Waals surface area (Å²) in [7, 11) is 3.15. The van der Waals surface area contributed by atoms with Crippen molar-refractivity contribution in [3.05, 3.63) is 82.1 Å². The predicted molar refractivity (Wildman–Crippen MR) is 157 cm³/mol. The quantitative estimate of drug-likeness (QED) is 0.274. The molecule has 2 amide bonds. The third-order valence-electron chi connectivity index (χ3n) is 7.08. The molecule has 5 rings (SSSR count). The molecule has 8 nitrogen and oxygen atoms in total. The van der Waals surface area contributed by atoms with Gasteiger partial charge < -0.3 is 5.11 Å². The van der Waals surface area contributed by atoms with Crippen LogP contribution in [0.1, 0.15) is 24.0 Å². The second-order valence-electron chi connectivity index (χ2n) is 9.85. The molecule has 0 fully saturated rings. The smallest absolute Gasteiger partial charge is 0.304 e. The minimum absolute atomic E-state index is 0.00460. The summed E-state index contributed by atoms with van der Waals surface area (Å²) in [6.07, 6.45) is 2.40. The molecule has 0 bridgehead atoms.